The fraction of sp³-hybridized carbons (Fsp3) is 0.529. The van der Waals surface area contributed by atoms with Crippen molar-refractivity contribution in [1.29, 1.82) is 0 Å². The molecule has 0 saturated carbocycles. The third kappa shape index (κ3) is 8.57. The number of nitrogens with one attached hydrogen (secondary N) is 1. The van der Waals surface area contributed by atoms with E-state index in [9.17, 15) is 9.59 Å². The van der Waals surface area contributed by atoms with Crippen LogP contribution in [0.1, 0.15) is 18.9 Å². The highest BCUT2D eigenvalue weighted by molar-refractivity contribution is 6.30. The highest BCUT2D eigenvalue weighted by atomic mass is 35.5. The summed E-state index contributed by atoms with van der Waals surface area (Å²) in [7, 11) is 3.92. The van der Waals surface area contributed by atoms with Crippen molar-refractivity contribution in [2.45, 2.75) is 19.8 Å². The number of rotatable bonds is 9. The van der Waals surface area contributed by atoms with Crippen molar-refractivity contribution in [2.75, 3.05) is 40.3 Å². The fourth-order valence-electron chi connectivity index (χ4n) is 2.13. The van der Waals surface area contributed by atoms with Gasteiger partial charge in [-0.1, -0.05) is 23.7 Å². The highest BCUT2D eigenvalue weighted by Gasteiger charge is 2.11. The maximum absolute atomic E-state index is 11.8. The summed E-state index contributed by atoms with van der Waals surface area (Å²) in [6.07, 6.45) is 1.05. The Balaban J connectivity index is 2.37. The van der Waals surface area contributed by atoms with Crippen molar-refractivity contribution in [3.8, 4) is 0 Å². The van der Waals surface area contributed by atoms with Gasteiger partial charge in [-0.2, -0.15) is 0 Å². The molecule has 0 radical (unpaired) electrons. The van der Waals surface area contributed by atoms with Crippen molar-refractivity contribution >= 4 is 23.4 Å². The topological polar surface area (TPSA) is 52.7 Å². The Hall–Kier alpha value is -1.59. The van der Waals surface area contributed by atoms with Gasteiger partial charge in [0.2, 0.25) is 11.8 Å². The van der Waals surface area contributed by atoms with Gasteiger partial charge in [-0.15, -0.1) is 0 Å². The first-order valence-electron chi connectivity index (χ1n) is 7.80. The zero-order valence-electron chi connectivity index (χ0n) is 14.1. The number of benzene rings is 1. The molecular weight excluding hydrogens is 314 g/mol. The minimum Gasteiger partial charge on any atom is -0.355 e. The number of halogens is 1. The predicted molar refractivity (Wildman–Crippen MR) is 93.6 cm³/mol. The average molecular weight is 340 g/mol. The van der Waals surface area contributed by atoms with Gasteiger partial charge in [0.25, 0.3) is 0 Å². The van der Waals surface area contributed by atoms with Crippen LogP contribution < -0.4 is 5.32 Å². The van der Waals surface area contributed by atoms with Gasteiger partial charge in [-0.3, -0.25) is 9.59 Å². The normalized spacial score (nSPS) is 10.7. The van der Waals surface area contributed by atoms with Gasteiger partial charge in [-0.05, 0) is 38.2 Å². The summed E-state index contributed by atoms with van der Waals surface area (Å²) in [4.78, 5) is 27.2. The molecule has 1 N–H and O–H groups in total. The van der Waals surface area contributed by atoms with Gasteiger partial charge in [0, 0.05) is 44.5 Å². The lowest BCUT2D eigenvalue weighted by Crippen LogP contribution is -2.36. The van der Waals surface area contributed by atoms with Gasteiger partial charge in [0.05, 0.1) is 0 Å². The largest absolute Gasteiger partial charge is 0.355 e. The van der Waals surface area contributed by atoms with Crippen LogP contribution in [0.3, 0.4) is 0 Å². The summed E-state index contributed by atoms with van der Waals surface area (Å²) in [6, 6.07) is 7.60. The second-order valence-corrected chi connectivity index (χ2v) is 6.23. The van der Waals surface area contributed by atoms with Gasteiger partial charge in [0.15, 0.2) is 0 Å². The number of nitrogens with zero attached hydrogens (tertiary/aromatic N) is 2. The summed E-state index contributed by atoms with van der Waals surface area (Å²) >= 11 is 5.96. The van der Waals surface area contributed by atoms with Crippen LogP contribution in [0.25, 0.3) is 0 Å². The molecule has 0 heterocycles. The molecule has 2 amide bonds. The van der Waals surface area contributed by atoms with Crippen molar-refractivity contribution < 1.29 is 9.59 Å². The molecule has 23 heavy (non-hydrogen) atoms. The minimum atomic E-state index is -0.0270. The summed E-state index contributed by atoms with van der Waals surface area (Å²) in [5, 5.41) is 3.55. The molecular formula is C17H26ClN3O2. The van der Waals surface area contributed by atoms with E-state index in [-0.39, 0.29) is 11.8 Å². The van der Waals surface area contributed by atoms with Gasteiger partial charge in [0.1, 0.15) is 0 Å². The summed E-state index contributed by atoms with van der Waals surface area (Å²) in [5.74, 6) is -0.0472. The van der Waals surface area contributed by atoms with Crippen molar-refractivity contribution in [3.05, 3.63) is 34.9 Å². The summed E-state index contributed by atoms with van der Waals surface area (Å²) in [6.45, 7) is 3.97. The zero-order chi connectivity index (χ0) is 17.2. The molecule has 0 aliphatic carbocycles. The molecule has 0 saturated heterocycles. The first-order chi connectivity index (χ1) is 10.9. The minimum absolute atomic E-state index is 0.0203. The number of carbonyl (C=O) groups is 2. The van der Waals surface area contributed by atoms with E-state index in [4.69, 9.17) is 11.6 Å². The lowest BCUT2D eigenvalue weighted by Gasteiger charge is -2.21. The Kier molecular flexibility index (Phi) is 8.66. The van der Waals surface area contributed by atoms with Crippen LogP contribution >= 0.6 is 11.6 Å². The maximum atomic E-state index is 11.8. The van der Waals surface area contributed by atoms with Crippen molar-refractivity contribution in [1.82, 2.24) is 15.1 Å². The Morgan fingerprint density at radius 1 is 1.17 bits per heavy atom. The lowest BCUT2D eigenvalue weighted by molar-refractivity contribution is -0.129. The summed E-state index contributed by atoms with van der Waals surface area (Å²) in [5.41, 5.74) is 1.08. The maximum Gasteiger partial charge on any atom is 0.221 e. The molecule has 0 unspecified atom stereocenters. The second kappa shape index (κ2) is 10.2. The van der Waals surface area contributed by atoms with Crippen LogP contribution in [0.15, 0.2) is 24.3 Å². The quantitative estimate of drug-likeness (QED) is 0.746. The zero-order valence-corrected chi connectivity index (χ0v) is 14.9. The number of amides is 2. The highest BCUT2D eigenvalue weighted by Crippen LogP contribution is 2.11. The molecule has 6 heteroatoms. The average Bonchev–Trinajstić information content (AvgIpc) is 2.46. The van der Waals surface area contributed by atoms with Crippen molar-refractivity contribution in [2.24, 2.45) is 0 Å². The van der Waals surface area contributed by atoms with Crippen LogP contribution in [0.4, 0.5) is 0 Å². The van der Waals surface area contributed by atoms with E-state index in [2.05, 4.69) is 5.32 Å². The Bertz CT molecular complexity index is 520. The van der Waals surface area contributed by atoms with E-state index >= 15 is 0 Å². The van der Waals surface area contributed by atoms with Gasteiger partial charge < -0.3 is 15.1 Å². The first-order valence-corrected chi connectivity index (χ1v) is 8.17. The Labute approximate surface area is 143 Å². The standard InChI is InChI=1S/C17H26ClN3O2/c1-14(22)21(10-7-15-5-4-6-16(18)13-15)11-8-17(23)19-9-12-20(2)3/h4-6,13H,7-12H2,1-3H3,(H,19,23). The van der Waals surface area contributed by atoms with Crippen LogP contribution in [0.2, 0.25) is 5.02 Å². The molecule has 0 aromatic heterocycles. The summed E-state index contributed by atoms with van der Waals surface area (Å²) < 4.78 is 0. The van der Waals surface area contributed by atoms with E-state index in [0.717, 1.165) is 18.5 Å². The molecule has 1 aromatic rings. The van der Waals surface area contributed by atoms with E-state index in [0.29, 0.717) is 31.1 Å². The van der Waals surface area contributed by atoms with Gasteiger partial charge in [-0.25, -0.2) is 0 Å². The first kappa shape index (κ1) is 19.5. The van der Waals surface area contributed by atoms with Crippen LogP contribution in [0.5, 0.6) is 0 Å². The number of likely N-dealkylation sites (N-methyl/N-ethyl adjacent to an activating group) is 1. The molecule has 0 aliphatic rings. The van der Waals surface area contributed by atoms with E-state index in [1.54, 1.807) is 4.90 Å². The number of carbonyl (C=O) groups excluding carboxylic acids is 2. The van der Waals surface area contributed by atoms with Gasteiger partial charge >= 0.3 is 0 Å². The molecule has 0 spiro atoms. The van der Waals surface area contributed by atoms with Crippen LogP contribution in [-0.2, 0) is 16.0 Å². The predicted octanol–water partition coefficient (Wildman–Crippen LogP) is 1.80. The van der Waals surface area contributed by atoms with Crippen molar-refractivity contribution in [3.63, 3.8) is 0 Å². The third-order valence-electron chi connectivity index (χ3n) is 3.49. The molecule has 0 bridgehead atoms. The molecule has 0 aliphatic heterocycles. The van der Waals surface area contributed by atoms with E-state index < -0.39 is 0 Å². The second-order valence-electron chi connectivity index (χ2n) is 5.79. The fourth-order valence-corrected chi connectivity index (χ4v) is 2.34. The number of hydrogen-bond donors (Lipinski definition) is 1. The third-order valence-corrected chi connectivity index (χ3v) is 3.73. The van der Waals surface area contributed by atoms with Crippen LogP contribution in [-0.4, -0.2) is 61.9 Å². The SMILES string of the molecule is CC(=O)N(CCC(=O)NCCN(C)C)CCc1cccc(Cl)c1. The molecule has 5 nitrogen and oxygen atoms in total. The van der Waals surface area contributed by atoms with E-state index in [1.165, 1.54) is 6.92 Å². The molecule has 128 valence electrons. The Morgan fingerprint density at radius 2 is 1.91 bits per heavy atom. The van der Waals surface area contributed by atoms with E-state index in [1.807, 2.05) is 43.3 Å². The Morgan fingerprint density at radius 3 is 2.52 bits per heavy atom. The smallest absolute Gasteiger partial charge is 0.221 e. The van der Waals surface area contributed by atoms with Crippen LogP contribution in [0, 0.1) is 0 Å². The monoisotopic (exact) mass is 339 g/mol. The molecule has 0 atom stereocenters. The molecule has 1 aromatic carbocycles. The number of hydrogen-bond acceptors (Lipinski definition) is 3. The lowest BCUT2D eigenvalue weighted by atomic mass is 10.1. The molecule has 0 fully saturated rings. The molecule has 1 rings (SSSR count).